The predicted octanol–water partition coefficient (Wildman–Crippen LogP) is 2.52. The van der Waals surface area contributed by atoms with Crippen LogP contribution in [0.2, 0.25) is 0 Å². The quantitative estimate of drug-likeness (QED) is 0.671. The Hall–Kier alpha value is -2.59. The number of unbranched alkanes of at least 4 members (excludes halogenated alkanes) is 1. The number of benzene rings is 1. The highest BCUT2D eigenvalue weighted by molar-refractivity contribution is 5.84. The van der Waals surface area contributed by atoms with Crippen LogP contribution in [0.1, 0.15) is 44.7 Å². The van der Waals surface area contributed by atoms with Crippen LogP contribution in [0.4, 0.5) is 0 Å². The lowest BCUT2D eigenvalue weighted by atomic mass is 9.79. The molecule has 2 aliphatic heterocycles. The van der Waals surface area contributed by atoms with Gasteiger partial charge in [0.25, 0.3) is 0 Å². The van der Waals surface area contributed by atoms with Crippen LogP contribution in [0.15, 0.2) is 18.2 Å². The van der Waals surface area contributed by atoms with Crippen molar-refractivity contribution in [3.63, 3.8) is 0 Å². The van der Waals surface area contributed by atoms with Crippen LogP contribution in [0.3, 0.4) is 0 Å². The van der Waals surface area contributed by atoms with Gasteiger partial charge in [-0.15, -0.1) is 0 Å². The summed E-state index contributed by atoms with van der Waals surface area (Å²) < 4.78 is 10.9. The van der Waals surface area contributed by atoms with Gasteiger partial charge < -0.3 is 19.2 Å². The first-order chi connectivity index (χ1) is 13.4. The second kappa shape index (κ2) is 8.19. The molecular formula is C21H27N3O4. The molecule has 28 heavy (non-hydrogen) atoms. The highest BCUT2D eigenvalue weighted by Gasteiger charge is 2.52. The van der Waals surface area contributed by atoms with Gasteiger partial charge in [-0.1, -0.05) is 19.4 Å². The van der Waals surface area contributed by atoms with Crippen LogP contribution in [0, 0.1) is 16.7 Å². The highest BCUT2D eigenvalue weighted by Crippen LogP contribution is 2.50. The van der Waals surface area contributed by atoms with E-state index in [1.807, 2.05) is 44.0 Å². The van der Waals surface area contributed by atoms with Crippen molar-refractivity contribution in [3.05, 3.63) is 23.8 Å². The molecule has 1 saturated heterocycles. The molecule has 1 amide bonds. The van der Waals surface area contributed by atoms with Gasteiger partial charge in [0.2, 0.25) is 12.7 Å². The Morgan fingerprint density at radius 2 is 2.18 bits per heavy atom. The molecule has 0 saturated carbocycles. The number of rotatable bonds is 7. The number of nitriles is 1. The number of aldehydes is 1. The van der Waals surface area contributed by atoms with E-state index in [9.17, 15) is 14.9 Å². The maximum Gasteiger partial charge on any atom is 0.240 e. The van der Waals surface area contributed by atoms with Crippen molar-refractivity contribution in [2.24, 2.45) is 5.41 Å². The van der Waals surface area contributed by atoms with Gasteiger partial charge in [-0.3, -0.25) is 9.69 Å². The van der Waals surface area contributed by atoms with Crippen LogP contribution < -0.4 is 9.47 Å². The fourth-order valence-corrected chi connectivity index (χ4v) is 4.28. The zero-order valence-corrected chi connectivity index (χ0v) is 16.7. The lowest BCUT2D eigenvalue weighted by molar-refractivity contribution is -0.137. The smallest absolute Gasteiger partial charge is 0.240 e. The SMILES string of the molecule is CCCCN(CC=O)C(=O)C1C[C@](C)(C#N)C(c2ccc3c(c2)OCO3)N1C. The second-order valence-corrected chi connectivity index (χ2v) is 7.73. The van der Waals surface area contributed by atoms with Crippen molar-refractivity contribution in [3.8, 4) is 17.6 Å². The Bertz CT molecular complexity index is 790. The summed E-state index contributed by atoms with van der Waals surface area (Å²) in [6.07, 6.45) is 2.97. The minimum absolute atomic E-state index is 0.0845. The third kappa shape index (κ3) is 3.57. The van der Waals surface area contributed by atoms with Gasteiger partial charge in [-0.25, -0.2) is 0 Å². The van der Waals surface area contributed by atoms with Crippen LogP contribution in [0.25, 0.3) is 0 Å². The monoisotopic (exact) mass is 385 g/mol. The molecule has 0 radical (unpaired) electrons. The van der Waals surface area contributed by atoms with E-state index in [1.54, 1.807) is 4.90 Å². The maximum atomic E-state index is 13.2. The molecule has 0 aliphatic carbocycles. The molecule has 0 N–H and O–H groups in total. The molecule has 1 fully saturated rings. The minimum atomic E-state index is -0.736. The van der Waals surface area contributed by atoms with Gasteiger partial charge in [-0.2, -0.15) is 5.26 Å². The number of carbonyl (C=O) groups excluding carboxylic acids is 2. The van der Waals surface area contributed by atoms with E-state index in [0.29, 0.717) is 24.5 Å². The normalized spacial score (nSPS) is 26.1. The van der Waals surface area contributed by atoms with Crippen molar-refractivity contribution in [1.29, 1.82) is 5.26 Å². The summed E-state index contributed by atoms with van der Waals surface area (Å²) in [4.78, 5) is 27.8. The highest BCUT2D eigenvalue weighted by atomic mass is 16.7. The topological polar surface area (TPSA) is 82.9 Å². The van der Waals surface area contributed by atoms with E-state index >= 15 is 0 Å². The van der Waals surface area contributed by atoms with Gasteiger partial charge in [0.1, 0.15) is 6.29 Å². The van der Waals surface area contributed by atoms with Gasteiger partial charge in [0, 0.05) is 6.54 Å². The molecule has 1 aromatic rings. The van der Waals surface area contributed by atoms with Crippen molar-refractivity contribution in [2.45, 2.75) is 45.2 Å². The summed E-state index contributed by atoms with van der Waals surface area (Å²) in [7, 11) is 1.87. The van der Waals surface area contributed by atoms with E-state index in [0.717, 1.165) is 24.7 Å². The minimum Gasteiger partial charge on any atom is -0.454 e. The first-order valence-electron chi connectivity index (χ1n) is 9.70. The van der Waals surface area contributed by atoms with E-state index in [-0.39, 0.29) is 25.3 Å². The zero-order valence-electron chi connectivity index (χ0n) is 16.7. The van der Waals surface area contributed by atoms with E-state index in [1.165, 1.54) is 0 Å². The molecule has 1 aromatic carbocycles. The number of ether oxygens (including phenoxy) is 2. The fourth-order valence-electron chi connectivity index (χ4n) is 4.28. The molecular weight excluding hydrogens is 358 g/mol. The van der Waals surface area contributed by atoms with Gasteiger partial charge in [-0.05, 0) is 44.5 Å². The molecule has 7 heteroatoms. The molecule has 0 bridgehead atoms. The van der Waals surface area contributed by atoms with Gasteiger partial charge in [0.15, 0.2) is 11.5 Å². The van der Waals surface area contributed by atoms with Gasteiger partial charge >= 0.3 is 0 Å². The number of likely N-dealkylation sites (tertiary alicyclic amines) is 1. The summed E-state index contributed by atoms with van der Waals surface area (Å²) in [5, 5.41) is 9.94. The summed E-state index contributed by atoms with van der Waals surface area (Å²) in [6, 6.07) is 7.39. The summed E-state index contributed by atoms with van der Waals surface area (Å²) in [5.41, 5.74) is 0.182. The Balaban J connectivity index is 1.89. The fraction of sp³-hybridized carbons (Fsp3) is 0.571. The second-order valence-electron chi connectivity index (χ2n) is 7.73. The third-order valence-electron chi connectivity index (χ3n) is 5.76. The van der Waals surface area contributed by atoms with Crippen LogP contribution in [-0.2, 0) is 9.59 Å². The Kier molecular flexibility index (Phi) is 5.90. The van der Waals surface area contributed by atoms with Crippen LogP contribution >= 0.6 is 0 Å². The Morgan fingerprint density at radius 3 is 2.86 bits per heavy atom. The van der Waals surface area contributed by atoms with Crippen LogP contribution in [0.5, 0.6) is 11.5 Å². The first-order valence-corrected chi connectivity index (χ1v) is 9.70. The van der Waals surface area contributed by atoms with Crippen LogP contribution in [-0.4, -0.2) is 55.0 Å². The first kappa shape index (κ1) is 20.2. The Labute approximate surface area is 165 Å². The molecule has 150 valence electrons. The number of hydrogen-bond donors (Lipinski definition) is 0. The standard InChI is InChI=1S/C21H27N3O4/c1-4-5-8-24(9-10-25)20(26)16-12-21(2,13-22)19(23(16)3)15-6-7-17-18(11-15)28-14-27-17/h6-7,10-11,16,19H,4-5,8-9,12,14H2,1-3H3/t16?,19?,21-/m1/s1. The molecule has 2 heterocycles. The van der Waals surface area contributed by atoms with E-state index < -0.39 is 11.5 Å². The lowest BCUT2D eigenvalue weighted by Crippen LogP contribution is -2.45. The molecule has 3 atom stereocenters. The third-order valence-corrected chi connectivity index (χ3v) is 5.76. The largest absolute Gasteiger partial charge is 0.454 e. The predicted molar refractivity (Wildman–Crippen MR) is 103 cm³/mol. The Morgan fingerprint density at radius 1 is 1.43 bits per heavy atom. The van der Waals surface area contributed by atoms with Crippen molar-refractivity contribution >= 4 is 12.2 Å². The average Bonchev–Trinajstić information content (AvgIpc) is 3.26. The number of fused-ring (bicyclic) bond motifs is 1. The molecule has 0 aromatic heterocycles. The van der Waals surface area contributed by atoms with Gasteiger partial charge in [0.05, 0.1) is 30.1 Å². The lowest BCUT2D eigenvalue weighted by Gasteiger charge is -2.31. The zero-order chi connectivity index (χ0) is 20.3. The maximum absolute atomic E-state index is 13.2. The number of carbonyl (C=O) groups is 2. The molecule has 2 unspecified atom stereocenters. The number of likely N-dealkylation sites (N-methyl/N-ethyl adjacent to an activating group) is 1. The summed E-state index contributed by atoms with van der Waals surface area (Å²) in [6.45, 7) is 4.77. The molecule has 7 nitrogen and oxygen atoms in total. The number of nitrogens with zero attached hydrogens (tertiary/aromatic N) is 3. The van der Waals surface area contributed by atoms with E-state index in [2.05, 4.69) is 6.07 Å². The molecule has 0 spiro atoms. The summed E-state index contributed by atoms with van der Waals surface area (Å²) in [5.74, 6) is 1.26. The average molecular weight is 385 g/mol. The molecule has 2 aliphatic rings. The number of hydrogen-bond acceptors (Lipinski definition) is 6. The van der Waals surface area contributed by atoms with Crippen molar-refractivity contribution < 1.29 is 19.1 Å². The van der Waals surface area contributed by atoms with E-state index in [4.69, 9.17) is 9.47 Å². The number of amides is 1. The van der Waals surface area contributed by atoms with Crippen molar-refractivity contribution in [2.75, 3.05) is 26.9 Å². The summed E-state index contributed by atoms with van der Waals surface area (Å²) >= 11 is 0. The van der Waals surface area contributed by atoms with Crippen molar-refractivity contribution in [1.82, 2.24) is 9.80 Å². The molecule has 3 rings (SSSR count).